The van der Waals surface area contributed by atoms with Crippen LogP contribution in [0.4, 0.5) is 10.3 Å². The van der Waals surface area contributed by atoms with Gasteiger partial charge in [-0.3, -0.25) is 10.9 Å². The summed E-state index contributed by atoms with van der Waals surface area (Å²) in [6.07, 6.45) is 3.37. The van der Waals surface area contributed by atoms with Crippen LogP contribution in [-0.4, -0.2) is 47.5 Å². The topological polar surface area (TPSA) is 146 Å². The third-order valence-electron chi connectivity index (χ3n) is 9.23. The molecule has 4 aromatic carbocycles. The molecule has 0 saturated carbocycles. The third-order valence-corrected chi connectivity index (χ3v) is 13.7. The molecule has 0 unspecified atom stereocenters. The van der Waals surface area contributed by atoms with Gasteiger partial charge in [-0.1, -0.05) is 71.7 Å². The lowest BCUT2D eigenvalue weighted by molar-refractivity contribution is 0.0520. The zero-order chi connectivity index (χ0) is 44.4. The Balaban J connectivity index is 1.06. The molecule has 0 amide bonds. The fraction of sp³-hybridized carbons (Fsp3) is 0.130. The fourth-order valence-electron chi connectivity index (χ4n) is 6.31. The van der Waals surface area contributed by atoms with Crippen molar-refractivity contribution >= 4 is 113 Å². The Hall–Kier alpha value is -6.14. The molecule has 0 bridgehead atoms. The van der Waals surface area contributed by atoms with E-state index >= 15 is 0 Å². The van der Waals surface area contributed by atoms with Gasteiger partial charge in [-0.05, 0) is 73.5 Å². The van der Waals surface area contributed by atoms with Gasteiger partial charge >= 0.3 is 11.9 Å². The first kappa shape index (κ1) is 44.5. The van der Waals surface area contributed by atoms with E-state index < -0.39 is 11.9 Å². The van der Waals surface area contributed by atoms with Crippen LogP contribution in [0.2, 0.25) is 10.0 Å². The van der Waals surface area contributed by atoms with E-state index in [-0.39, 0.29) is 26.4 Å². The van der Waals surface area contributed by atoms with Crippen molar-refractivity contribution in [2.24, 2.45) is 10.2 Å². The molecule has 64 heavy (non-hydrogen) atoms. The van der Waals surface area contributed by atoms with Crippen molar-refractivity contribution in [1.29, 1.82) is 0 Å². The van der Waals surface area contributed by atoms with Crippen LogP contribution < -0.4 is 20.3 Å². The van der Waals surface area contributed by atoms with Crippen molar-refractivity contribution in [3.8, 4) is 34.0 Å². The Morgan fingerprint density at radius 3 is 1.47 bits per heavy atom. The van der Waals surface area contributed by atoms with Crippen molar-refractivity contribution in [1.82, 2.24) is 9.97 Å². The number of thiazole rings is 2. The molecule has 324 valence electrons. The van der Waals surface area contributed by atoms with Crippen LogP contribution in [0.25, 0.3) is 31.9 Å². The molecule has 0 atom stereocenters. The smallest absolute Gasteiger partial charge is 0.348 e. The average molecular weight is 968 g/mol. The number of para-hydroxylation sites is 2. The lowest BCUT2D eigenvalue weighted by Gasteiger charge is -2.13. The summed E-state index contributed by atoms with van der Waals surface area (Å²) in [6.45, 7) is 3.83. The molecule has 0 saturated heterocycles. The minimum Gasteiger partial charge on any atom is -0.488 e. The van der Waals surface area contributed by atoms with Crippen LogP contribution in [0.3, 0.4) is 0 Å². The van der Waals surface area contributed by atoms with E-state index in [2.05, 4.69) is 21.1 Å². The largest absolute Gasteiger partial charge is 0.488 e. The maximum atomic E-state index is 13.6. The van der Waals surface area contributed by atoms with Crippen LogP contribution in [0.15, 0.2) is 118 Å². The van der Waals surface area contributed by atoms with Gasteiger partial charge in [-0.2, -0.15) is 10.2 Å². The zero-order valence-corrected chi connectivity index (χ0v) is 38.8. The molecule has 8 aromatic rings. The summed E-state index contributed by atoms with van der Waals surface area (Å²) in [5.74, 6) is 0.104. The molecule has 0 radical (unpaired) electrons. The number of hydrogen-bond acceptors (Lipinski definition) is 16. The second-order valence-electron chi connectivity index (χ2n) is 13.4. The lowest BCUT2D eigenvalue weighted by Crippen LogP contribution is -2.10. The van der Waals surface area contributed by atoms with Crippen molar-refractivity contribution < 1.29 is 28.5 Å². The second-order valence-corrected chi connectivity index (χ2v) is 18.3. The van der Waals surface area contributed by atoms with Gasteiger partial charge in [0.25, 0.3) is 0 Å². The third kappa shape index (κ3) is 10.6. The molecular formula is C46H36Cl2N6O6S4. The van der Waals surface area contributed by atoms with Crippen LogP contribution in [0, 0.1) is 0 Å². The number of thiophene rings is 2. The van der Waals surface area contributed by atoms with E-state index in [1.807, 2.05) is 83.6 Å². The Morgan fingerprint density at radius 2 is 1.05 bits per heavy atom. The number of rotatable bonds is 18. The molecule has 0 spiro atoms. The van der Waals surface area contributed by atoms with E-state index in [0.717, 1.165) is 26.3 Å². The number of nitrogens with one attached hydrogen (secondary N) is 2. The van der Waals surface area contributed by atoms with E-state index in [1.165, 1.54) is 45.3 Å². The summed E-state index contributed by atoms with van der Waals surface area (Å²) in [6, 6.07) is 29.7. The summed E-state index contributed by atoms with van der Waals surface area (Å²) in [5.41, 5.74) is 11.7. The fourth-order valence-corrected chi connectivity index (χ4v) is 10.5. The number of benzene rings is 4. The van der Waals surface area contributed by atoms with Gasteiger partial charge in [0, 0.05) is 48.4 Å². The number of nitrogens with zero attached hydrogens (tertiary/aromatic N) is 4. The predicted octanol–water partition coefficient (Wildman–Crippen LogP) is 12.9. The van der Waals surface area contributed by atoms with Crippen LogP contribution in [-0.2, 0) is 22.7 Å². The number of hydrogen-bond donors (Lipinski definition) is 2. The van der Waals surface area contributed by atoms with Gasteiger partial charge in [0.05, 0.1) is 41.0 Å². The molecular weight excluding hydrogens is 932 g/mol. The second kappa shape index (κ2) is 21.0. The molecule has 2 N–H and O–H groups in total. The van der Waals surface area contributed by atoms with Gasteiger partial charge < -0.3 is 18.9 Å². The molecule has 0 fully saturated rings. The predicted molar refractivity (Wildman–Crippen MR) is 261 cm³/mol. The van der Waals surface area contributed by atoms with Gasteiger partial charge in [0.1, 0.15) is 34.5 Å². The monoisotopic (exact) mass is 966 g/mol. The number of hydrazone groups is 2. The number of halogens is 2. The van der Waals surface area contributed by atoms with Crippen LogP contribution >= 0.6 is 68.5 Å². The molecule has 12 nitrogen and oxygen atoms in total. The molecule has 4 aromatic heterocycles. The van der Waals surface area contributed by atoms with Crippen molar-refractivity contribution in [3.63, 3.8) is 0 Å². The number of fused-ring (bicyclic) bond motifs is 1. The highest BCUT2D eigenvalue weighted by atomic mass is 35.5. The van der Waals surface area contributed by atoms with Gasteiger partial charge in [0.15, 0.2) is 0 Å². The Kier molecular flexibility index (Phi) is 14.6. The highest BCUT2D eigenvalue weighted by Crippen LogP contribution is 2.44. The normalized spacial score (nSPS) is 11.4. The van der Waals surface area contributed by atoms with E-state index in [9.17, 15) is 9.59 Å². The maximum Gasteiger partial charge on any atom is 0.348 e. The van der Waals surface area contributed by atoms with Gasteiger partial charge in [0.2, 0.25) is 10.3 Å². The van der Waals surface area contributed by atoms with Crippen LogP contribution in [0.1, 0.15) is 55.4 Å². The minimum atomic E-state index is -0.488. The number of ether oxygens (including phenoxy) is 4. The number of carbonyl (C=O) groups is 2. The van der Waals surface area contributed by atoms with Gasteiger partial charge in [-0.25, -0.2) is 19.6 Å². The number of carbonyl (C=O) groups excluding carboxylic acids is 2. The molecule has 0 aliphatic heterocycles. The molecule has 18 heteroatoms. The maximum absolute atomic E-state index is 13.6. The SMILES string of the molecule is CCOC(=O)c1sc2sc(C(=O)OCC)c(COc3ccccc3-c3csc(N/N=C/c4ccc(Cl)cc4)n3)c2c1COc1ccccc1-c1csc(N/N=C/c2ccc(Cl)cc2)n1. The Labute approximate surface area is 393 Å². The average Bonchev–Trinajstić information content (AvgIpc) is 4.12. The highest BCUT2D eigenvalue weighted by Gasteiger charge is 2.29. The zero-order valence-electron chi connectivity index (χ0n) is 34.0. The standard InChI is InChI=1S/C46H36Cl2N6O6S4/c1-3-57-42(55)40-33(23-59-37-11-7-5-9-31(37)35-25-61-45(51-35)53-49-21-27-13-17-29(47)18-14-27)39-34(41(43(56)58-4-2)64-44(39)63-40)24-60-38-12-8-6-10-32(38)36-26-62-46(52-36)54-50-22-28-15-19-30(48)20-16-28/h5-22,25-26H,3-4,23-24H2,1-2H3,(H,51,53)(H,52,54)/b49-21+,50-22+. The summed E-state index contributed by atoms with van der Waals surface area (Å²) >= 11 is 17.3. The minimum absolute atomic E-state index is 0.0243. The molecule has 0 aliphatic carbocycles. The Bertz CT molecular complexity index is 2770. The number of anilines is 2. The summed E-state index contributed by atoms with van der Waals surface area (Å²) in [7, 11) is 0. The van der Waals surface area contributed by atoms with E-state index in [0.29, 0.717) is 69.5 Å². The molecule has 8 rings (SSSR count). The quantitative estimate of drug-likeness (QED) is 0.0484. The van der Waals surface area contributed by atoms with E-state index in [1.54, 1.807) is 50.5 Å². The highest BCUT2D eigenvalue weighted by molar-refractivity contribution is 7.40. The van der Waals surface area contributed by atoms with E-state index in [4.69, 9.17) is 52.1 Å². The summed E-state index contributed by atoms with van der Waals surface area (Å²) in [5, 5.41) is 15.6. The molecule has 0 aliphatic rings. The van der Waals surface area contributed by atoms with Crippen molar-refractivity contribution in [2.45, 2.75) is 27.1 Å². The first-order valence-corrected chi connectivity index (χ1v) is 23.8. The molecule has 4 heterocycles. The van der Waals surface area contributed by atoms with Crippen LogP contribution in [0.5, 0.6) is 11.5 Å². The van der Waals surface area contributed by atoms with Crippen molar-refractivity contribution in [3.05, 3.63) is 150 Å². The number of aromatic nitrogens is 2. The van der Waals surface area contributed by atoms with Crippen molar-refractivity contribution in [2.75, 3.05) is 24.1 Å². The summed E-state index contributed by atoms with van der Waals surface area (Å²) < 4.78 is 24.9. The van der Waals surface area contributed by atoms with Gasteiger partial charge in [-0.15, -0.1) is 45.3 Å². The Morgan fingerprint density at radius 1 is 0.625 bits per heavy atom. The number of esters is 2. The first-order valence-electron chi connectivity index (χ1n) is 19.6. The lowest BCUT2D eigenvalue weighted by atomic mass is 10.1. The summed E-state index contributed by atoms with van der Waals surface area (Å²) in [4.78, 5) is 37.4. The first-order chi connectivity index (χ1) is 31.3.